The first-order chi connectivity index (χ1) is 8.49. The van der Waals surface area contributed by atoms with Crippen LogP contribution in [0.1, 0.15) is 12.8 Å². The number of piperidine rings is 1. The summed E-state index contributed by atoms with van der Waals surface area (Å²) in [5.41, 5.74) is 0.425. The van der Waals surface area contributed by atoms with Gasteiger partial charge in [-0.15, -0.1) is 0 Å². The van der Waals surface area contributed by atoms with Crippen LogP contribution in [0.4, 0.5) is 11.4 Å². The summed E-state index contributed by atoms with van der Waals surface area (Å²) in [5.74, 6) is 0. The zero-order valence-corrected chi connectivity index (χ0v) is 11.0. The molecule has 1 heterocycles. The summed E-state index contributed by atoms with van der Waals surface area (Å²) in [4.78, 5) is 12.0. The van der Waals surface area contributed by atoms with Crippen molar-refractivity contribution in [2.24, 2.45) is 0 Å². The molecule has 1 aromatic carbocycles. The van der Waals surface area contributed by atoms with Crippen LogP contribution in [-0.2, 0) is 0 Å². The van der Waals surface area contributed by atoms with Crippen LogP contribution in [0, 0.1) is 10.1 Å². The monoisotopic (exact) mass is 290 g/mol. The Morgan fingerprint density at radius 1 is 1.39 bits per heavy atom. The zero-order chi connectivity index (χ0) is 13.3. The van der Waals surface area contributed by atoms with E-state index in [1.54, 1.807) is 0 Å². The van der Waals surface area contributed by atoms with Crippen LogP contribution in [0.2, 0.25) is 10.0 Å². The van der Waals surface area contributed by atoms with Gasteiger partial charge in [-0.05, 0) is 12.8 Å². The number of anilines is 1. The Hall–Kier alpha value is -1.04. The lowest BCUT2D eigenvalue weighted by molar-refractivity contribution is -0.384. The van der Waals surface area contributed by atoms with E-state index in [0.717, 1.165) is 19.4 Å². The fourth-order valence-electron chi connectivity index (χ4n) is 2.12. The van der Waals surface area contributed by atoms with Crippen LogP contribution in [0.25, 0.3) is 0 Å². The third-order valence-corrected chi connectivity index (χ3v) is 3.50. The topological polar surface area (TPSA) is 66.6 Å². The van der Waals surface area contributed by atoms with Gasteiger partial charge in [0, 0.05) is 25.2 Å². The smallest absolute Gasteiger partial charge is 0.272 e. The van der Waals surface area contributed by atoms with E-state index in [1.165, 1.54) is 12.1 Å². The quantitative estimate of drug-likeness (QED) is 0.672. The Morgan fingerprint density at radius 3 is 2.50 bits per heavy atom. The number of β-amino-alcohol motifs (C(OH)–C–C–N with tert-alkyl or cyclic N) is 1. The second-order valence-corrected chi connectivity index (χ2v) is 5.07. The Kier molecular flexibility index (Phi) is 3.94. The van der Waals surface area contributed by atoms with Gasteiger partial charge < -0.3 is 10.0 Å². The van der Waals surface area contributed by atoms with Crippen molar-refractivity contribution in [1.82, 2.24) is 0 Å². The summed E-state index contributed by atoms with van der Waals surface area (Å²) in [5, 5.41) is 20.8. The van der Waals surface area contributed by atoms with Gasteiger partial charge in [-0.25, -0.2) is 0 Å². The number of hydrogen-bond acceptors (Lipinski definition) is 4. The molecule has 1 atom stereocenters. The second-order valence-electron chi connectivity index (χ2n) is 4.26. The molecule has 0 bridgehead atoms. The van der Waals surface area contributed by atoms with Crippen molar-refractivity contribution in [1.29, 1.82) is 0 Å². The van der Waals surface area contributed by atoms with E-state index in [1.807, 2.05) is 4.90 Å². The molecule has 1 aliphatic heterocycles. The minimum atomic E-state index is -0.535. The van der Waals surface area contributed by atoms with Gasteiger partial charge in [-0.2, -0.15) is 0 Å². The van der Waals surface area contributed by atoms with Gasteiger partial charge in [-0.1, -0.05) is 23.2 Å². The highest BCUT2D eigenvalue weighted by Gasteiger charge is 2.24. The number of rotatable bonds is 2. The van der Waals surface area contributed by atoms with Gasteiger partial charge in [0.15, 0.2) is 0 Å². The van der Waals surface area contributed by atoms with Crippen molar-refractivity contribution in [2.75, 3.05) is 18.0 Å². The van der Waals surface area contributed by atoms with Crippen molar-refractivity contribution < 1.29 is 10.0 Å². The minimum Gasteiger partial charge on any atom is -0.391 e. The highest BCUT2D eigenvalue weighted by Crippen LogP contribution is 2.38. The predicted molar refractivity (Wildman–Crippen MR) is 70.6 cm³/mol. The maximum atomic E-state index is 10.7. The number of nitrogens with zero attached hydrogens (tertiary/aromatic N) is 2. The third kappa shape index (κ3) is 2.68. The standard InChI is InChI=1S/C11H12Cl2N2O3/c12-9-4-7(15(17)18)5-10(13)11(9)14-3-1-2-8(16)6-14/h4-5,8,16H,1-3,6H2/t8-/m0/s1. The molecule has 7 heteroatoms. The summed E-state index contributed by atoms with van der Waals surface area (Å²) < 4.78 is 0. The number of aliphatic hydroxyl groups is 1. The summed E-state index contributed by atoms with van der Waals surface area (Å²) in [6.45, 7) is 1.17. The molecular weight excluding hydrogens is 279 g/mol. The van der Waals surface area contributed by atoms with Crippen LogP contribution in [0.15, 0.2) is 12.1 Å². The molecule has 0 aliphatic carbocycles. The molecule has 18 heavy (non-hydrogen) atoms. The molecule has 0 spiro atoms. The van der Waals surface area contributed by atoms with E-state index in [2.05, 4.69) is 0 Å². The van der Waals surface area contributed by atoms with Crippen molar-refractivity contribution >= 4 is 34.6 Å². The van der Waals surface area contributed by atoms with Crippen molar-refractivity contribution in [3.8, 4) is 0 Å². The SMILES string of the molecule is O=[N+]([O-])c1cc(Cl)c(N2CCC[C@H](O)C2)c(Cl)c1. The summed E-state index contributed by atoms with van der Waals surface area (Å²) >= 11 is 12.1. The van der Waals surface area contributed by atoms with E-state index in [0.29, 0.717) is 12.2 Å². The highest BCUT2D eigenvalue weighted by atomic mass is 35.5. The van der Waals surface area contributed by atoms with Gasteiger partial charge in [0.25, 0.3) is 5.69 Å². The first kappa shape index (κ1) is 13.4. The molecule has 0 saturated carbocycles. The van der Waals surface area contributed by atoms with E-state index in [9.17, 15) is 15.2 Å². The van der Waals surface area contributed by atoms with Gasteiger partial charge in [-0.3, -0.25) is 10.1 Å². The molecule has 0 unspecified atom stereocenters. The maximum absolute atomic E-state index is 10.7. The maximum Gasteiger partial charge on any atom is 0.272 e. The molecule has 98 valence electrons. The lowest BCUT2D eigenvalue weighted by Gasteiger charge is -2.33. The number of nitro groups is 1. The van der Waals surface area contributed by atoms with Gasteiger partial charge in [0.05, 0.1) is 26.8 Å². The molecule has 0 radical (unpaired) electrons. The third-order valence-electron chi connectivity index (χ3n) is 2.93. The fourth-order valence-corrected chi connectivity index (χ4v) is 2.83. The molecule has 0 amide bonds. The molecule has 1 fully saturated rings. The number of benzene rings is 1. The lowest BCUT2D eigenvalue weighted by Crippen LogP contribution is -2.38. The molecule has 0 aromatic heterocycles. The molecule has 2 rings (SSSR count). The Bertz CT molecular complexity index is 458. The van der Waals surface area contributed by atoms with Gasteiger partial charge in [0.1, 0.15) is 0 Å². The Labute approximate surface area is 114 Å². The molecule has 1 N–H and O–H groups in total. The van der Waals surface area contributed by atoms with Crippen molar-refractivity contribution in [3.05, 3.63) is 32.3 Å². The normalized spacial score (nSPS) is 19.9. The molecule has 1 saturated heterocycles. The predicted octanol–water partition coefficient (Wildman–Crippen LogP) is 2.86. The van der Waals surface area contributed by atoms with E-state index >= 15 is 0 Å². The van der Waals surface area contributed by atoms with Crippen molar-refractivity contribution in [3.63, 3.8) is 0 Å². The highest BCUT2D eigenvalue weighted by molar-refractivity contribution is 6.39. The number of non-ortho nitro benzene ring substituents is 1. The average molecular weight is 291 g/mol. The summed E-state index contributed by atoms with van der Waals surface area (Å²) in [7, 11) is 0. The van der Waals surface area contributed by atoms with Crippen LogP contribution in [0.3, 0.4) is 0 Å². The zero-order valence-electron chi connectivity index (χ0n) is 9.47. The van der Waals surface area contributed by atoms with Gasteiger partial charge in [0.2, 0.25) is 0 Å². The first-order valence-corrected chi connectivity index (χ1v) is 6.31. The van der Waals surface area contributed by atoms with E-state index < -0.39 is 11.0 Å². The molecular formula is C11H12Cl2N2O3. The Morgan fingerprint density at radius 2 is 2.00 bits per heavy atom. The Balaban J connectivity index is 2.36. The van der Waals surface area contributed by atoms with Gasteiger partial charge >= 0.3 is 0 Å². The number of hydrogen-bond donors (Lipinski definition) is 1. The van der Waals surface area contributed by atoms with Crippen molar-refractivity contribution in [2.45, 2.75) is 18.9 Å². The van der Waals surface area contributed by atoms with Crippen LogP contribution in [-0.4, -0.2) is 29.2 Å². The first-order valence-electron chi connectivity index (χ1n) is 5.55. The second kappa shape index (κ2) is 5.30. The molecule has 5 nitrogen and oxygen atoms in total. The lowest BCUT2D eigenvalue weighted by atomic mass is 10.1. The summed E-state index contributed by atoms with van der Waals surface area (Å²) in [6.07, 6.45) is 1.17. The fraction of sp³-hybridized carbons (Fsp3) is 0.455. The minimum absolute atomic E-state index is 0.133. The van der Waals surface area contributed by atoms with Crippen LogP contribution >= 0.6 is 23.2 Å². The van der Waals surface area contributed by atoms with Crippen LogP contribution < -0.4 is 4.90 Å². The summed E-state index contributed by atoms with van der Waals surface area (Å²) in [6, 6.07) is 2.56. The molecule has 1 aromatic rings. The van der Waals surface area contributed by atoms with Crippen LogP contribution in [0.5, 0.6) is 0 Å². The number of aliphatic hydroxyl groups excluding tert-OH is 1. The molecule has 1 aliphatic rings. The average Bonchev–Trinajstić information content (AvgIpc) is 2.27. The van der Waals surface area contributed by atoms with E-state index in [4.69, 9.17) is 23.2 Å². The number of halogens is 2. The number of nitro benzene ring substituents is 1. The van der Waals surface area contributed by atoms with E-state index in [-0.39, 0.29) is 15.7 Å². The largest absolute Gasteiger partial charge is 0.391 e.